The molecular formula is C58H69N5O10. The highest BCUT2D eigenvalue weighted by Gasteiger charge is 2.59. The summed E-state index contributed by atoms with van der Waals surface area (Å²) in [5, 5.41) is 73.2. The number of hydrogen-bond donors (Lipinski definition) is 10. The van der Waals surface area contributed by atoms with Gasteiger partial charge in [-0.1, -0.05) is 30.4 Å². The molecular weight excluding hydrogens is 927 g/mol. The van der Waals surface area contributed by atoms with Crippen LogP contribution in [-0.2, 0) is 29.0 Å². The number of phenolic OH excluding ortho intramolecular Hbond substituents is 2. The van der Waals surface area contributed by atoms with Crippen LogP contribution in [0.15, 0.2) is 103 Å². The molecule has 11 N–H and O–H groups in total. The molecule has 7 heterocycles. The van der Waals surface area contributed by atoms with Gasteiger partial charge in [0.2, 0.25) is 0 Å². The standard InChI is InChI=1S/C58H69N5O10/c1-4-42(58(70)15-14-57(28-58)16-19-60-20-17-57)55(69)72-45-24-40-50(68)48-44(67)23-33(26-64)71-52(48)49-46-38-13-18-61-53(59)47(38)36(10-7-30-6-8-32(66)22-39(30)41(46)27-65)35-12-11-34-31(21-43(35)56(45,3)73-51(40)49)25-62-54-37(34)9-5-29(2)63-54/h4-6,8-9,13,22-23,25,29,35-36,41,43,45-46,54,60-66,68,70H,7,10-12,14-21,24,26-28,59H2,1-3H3. The lowest BCUT2D eigenvalue weighted by atomic mass is 9.61. The smallest absolute Gasteiger partial charge is 0.337 e. The van der Waals surface area contributed by atoms with Crippen molar-refractivity contribution >= 4 is 16.9 Å². The van der Waals surface area contributed by atoms with E-state index in [1.54, 1.807) is 25.1 Å². The van der Waals surface area contributed by atoms with Gasteiger partial charge in [-0.3, -0.25) is 10.1 Å². The molecule has 6 aliphatic heterocycles. The normalized spacial score (nSPS) is 33.2. The van der Waals surface area contributed by atoms with Crippen LogP contribution in [-0.4, -0.2) is 87.3 Å². The van der Waals surface area contributed by atoms with Crippen LogP contribution in [0.4, 0.5) is 0 Å². The summed E-state index contributed by atoms with van der Waals surface area (Å²) in [7, 11) is 0. The van der Waals surface area contributed by atoms with Gasteiger partial charge in [0.25, 0.3) is 0 Å². The number of benzene rings is 2. The molecule has 1 aromatic heterocycles. The van der Waals surface area contributed by atoms with Crippen LogP contribution >= 0.6 is 0 Å². The van der Waals surface area contributed by atoms with Gasteiger partial charge in [-0.25, -0.2) is 4.79 Å². The number of nitrogens with one attached hydrogen (secondary N) is 4. The third-order valence-electron chi connectivity index (χ3n) is 18.9. The number of esters is 1. The quantitative estimate of drug-likeness (QED) is 0.108. The molecule has 12 rings (SSSR count). The lowest BCUT2D eigenvalue weighted by Crippen LogP contribution is -2.59. The van der Waals surface area contributed by atoms with Crippen LogP contribution in [0.25, 0.3) is 11.0 Å². The number of carbonyl (C=O) groups excluding carboxylic acids is 1. The number of ether oxygens (including phenoxy) is 2. The lowest BCUT2D eigenvalue weighted by Gasteiger charge is -2.52. The molecule has 3 aliphatic carbocycles. The maximum Gasteiger partial charge on any atom is 0.337 e. The van der Waals surface area contributed by atoms with Crippen molar-refractivity contribution in [2.24, 2.45) is 28.9 Å². The molecule has 2 aromatic carbocycles. The summed E-state index contributed by atoms with van der Waals surface area (Å²) < 4.78 is 21.4. The average molecular weight is 996 g/mol. The minimum atomic E-state index is -1.42. The van der Waals surface area contributed by atoms with Crippen molar-refractivity contribution < 1.29 is 44.2 Å². The minimum absolute atomic E-state index is 0.00328. The largest absolute Gasteiger partial charge is 0.508 e. The van der Waals surface area contributed by atoms with Crippen LogP contribution in [0.3, 0.4) is 0 Å². The van der Waals surface area contributed by atoms with Gasteiger partial charge in [-0.15, -0.1) is 0 Å². The van der Waals surface area contributed by atoms with Gasteiger partial charge < -0.3 is 61.1 Å². The Balaban J connectivity index is 1.13. The Kier molecular flexibility index (Phi) is 11.8. The fraction of sp³-hybridized carbons (Fsp3) is 0.517. The molecule has 10 unspecified atom stereocenters. The Morgan fingerprint density at radius 1 is 1.05 bits per heavy atom. The Labute approximate surface area is 425 Å². The van der Waals surface area contributed by atoms with Gasteiger partial charge in [0.1, 0.15) is 64.3 Å². The first kappa shape index (κ1) is 48.1. The topological polar surface area (TPSA) is 241 Å². The predicted octanol–water partition coefficient (Wildman–Crippen LogP) is 5.74. The van der Waals surface area contributed by atoms with E-state index in [1.807, 2.05) is 13.0 Å². The molecule has 15 heteroatoms. The van der Waals surface area contributed by atoms with E-state index in [1.165, 1.54) is 17.2 Å². The number of aliphatic hydroxyl groups excluding tert-OH is 2. The van der Waals surface area contributed by atoms with Gasteiger partial charge in [0, 0.05) is 60.2 Å². The molecule has 0 amide bonds. The highest BCUT2D eigenvalue weighted by Crippen LogP contribution is 2.62. The Morgan fingerprint density at radius 2 is 1.88 bits per heavy atom. The zero-order valence-corrected chi connectivity index (χ0v) is 42.0. The first-order chi connectivity index (χ1) is 35.2. The summed E-state index contributed by atoms with van der Waals surface area (Å²) in [6.45, 7) is 6.98. The number of aryl methyl sites for hydroxylation is 1. The van der Waals surface area contributed by atoms with E-state index in [0.29, 0.717) is 62.0 Å². The molecule has 73 heavy (non-hydrogen) atoms. The molecule has 1 spiro atoms. The van der Waals surface area contributed by atoms with Crippen molar-refractivity contribution in [1.82, 2.24) is 21.3 Å². The zero-order valence-electron chi connectivity index (χ0n) is 42.0. The molecule has 4 bridgehead atoms. The Hall–Kier alpha value is -5.84. The first-order valence-corrected chi connectivity index (χ1v) is 26.6. The van der Waals surface area contributed by atoms with Gasteiger partial charge in [-0.2, -0.15) is 0 Å². The molecule has 386 valence electrons. The number of piperidine rings is 1. The fourth-order valence-electron chi connectivity index (χ4n) is 15.4. The van der Waals surface area contributed by atoms with Crippen molar-refractivity contribution in [3.8, 4) is 17.2 Å². The van der Waals surface area contributed by atoms with Crippen molar-refractivity contribution in [2.45, 2.75) is 139 Å². The average Bonchev–Trinajstić information content (AvgIpc) is 3.58. The molecule has 15 nitrogen and oxygen atoms in total. The summed E-state index contributed by atoms with van der Waals surface area (Å²) in [6.07, 6.45) is 15.7. The van der Waals surface area contributed by atoms with Crippen molar-refractivity contribution in [2.75, 3.05) is 26.2 Å². The van der Waals surface area contributed by atoms with Crippen molar-refractivity contribution in [3.05, 3.63) is 132 Å². The maximum absolute atomic E-state index is 15.3. The van der Waals surface area contributed by atoms with Crippen LogP contribution < -0.4 is 37.2 Å². The fourth-order valence-corrected chi connectivity index (χ4v) is 15.4. The number of phenols is 2. The van der Waals surface area contributed by atoms with E-state index in [4.69, 9.17) is 19.6 Å². The molecule has 3 aromatic rings. The minimum Gasteiger partial charge on any atom is -0.508 e. The third-order valence-corrected chi connectivity index (χ3v) is 18.9. The van der Waals surface area contributed by atoms with Crippen LogP contribution in [0.2, 0.25) is 0 Å². The number of allylic oxidation sites excluding steroid dienone is 5. The number of carbonyl (C=O) groups is 1. The second-order valence-corrected chi connectivity index (χ2v) is 22.7. The number of nitrogens with two attached hydrogens (primary N) is 1. The Bertz CT molecular complexity index is 3070. The number of fused-ring (bicyclic) bond motifs is 10. The SMILES string of the molecule is CC=C(C(=O)OC1Cc2c3c(c4oc(CO)cc(=O)c4c2O)C2C4=CCNC(N)=C4C(CCc4ccc(O)cc4C2CO)C2CCC4=C5C=CC(C)NC5NC=C4CC2C1(C)O3)C1(O)CCC2(CCNCC2)C1. The van der Waals surface area contributed by atoms with E-state index >= 15 is 4.79 Å². The highest BCUT2D eigenvalue weighted by molar-refractivity contribution is 5.93. The number of dihydropyridines is 2. The molecule has 10 atom stereocenters. The summed E-state index contributed by atoms with van der Waals surface area (Å²) >= 11 is 0. The summed E-state index contributed by atoms with van der Waals surface area (Å²) in [5.41, 5.74) is 11.6. The number of rotatable bonds is 5. The predicted molar refractivity (Wildman–Crippen MR) is 274 cm³/mol. The lowest BCUT2D eigenvalue weighted by molar-refractivity contribution is -0.171. The second-order valence-electron chi connectivity index (χ2n) is 22.7. The van der Waals surface area contributed by atoms with Gasteiger partial charge in [0.05, 0.1) is 17.8 Å². The van der Waals surface area contributed by atoms with Crippen LogP contribution in [0.1, 0.15) is 118 Å². The summed E-state index contributed by atoms with van der Waals surface area (Å²) in [6, 6.07) is 6.65. The van der Waals surface area contributed by atoms with E-state index < -0.39 is 65.4 Å². The molecule has 9 aliphatic rings. The first-order valence-electron chi connectivity index (χ1n) is 26.6. The molecule has 0 radical (unpaired) electrons. The van der Waals surface area contributed by atoms with Gasteiger partial charge in [-0.05, 0) is 166 Å². The van der Waals surface area contributed by atoms with E-state index in [2.05, 4.69) is 52.6 Å². The maximum atomic E-state index is 15.3. The van der Waals surface area contributed by atoms with E-state index in [-0.39, 0.29) is 75.2 Å². The number of hydrogen-bond acceptors (Lipinski definition) is 15. The Morgan fingerprint density at radius 3 is 2.66 bits per heavy atom. The molecule has 2 saturated carbocycles. The third kappa shape index (κ3) is 7.61. The molecule has 3 fully saturated rings. The van der Waals surface area contributed by atoms with Gasteiger partial charge in [0.15, 0.2) is 5.43 Å². The van der Waals surface area contributed by atoms with E-state index in [9.17, 15) is 30.3 Å². The van der Waals surface area contributed by atoms with Gasteiger partial charge >= 0.3 is 5.97 Å². The van der Waals surface area contributed by atoms with Crippen LogP contribution in [0, 0.1) is 23.2 Å². The van der Waals surface area contributed by atoms with Crippen molar-refractivity contribution in [3.63, 3.8) is 0 Å². The monoisotopic (exact) mass is 996 g/mol. The second kappa shape index (κ2) is 17.9. The number of aromatic hydroxyl groups is 2. The zero-order chi connectivity index (χ0) is 50.7. The number of aliphatic hydroxyl groups is 3. The summed E-state index contributed by atoms with van der Waals surface area (Å²) in [5.74, 6) is -2.77. The molecule has 1 saturated heterocycles. The summed E-state index contributed by atoms with van der Waals surface area (Å²) in [4.78, 5) is 29.8. The van der Waals surface area contributed by atoms with Crippen molar-refractivity contribution in [1.29, 1.82) is 0 Å². The van der Waals surface area contributed by atoms with E-state index in [0.717, 1.165) is 61.1 Å². The highest BCUT2D eigenvalue weighted by atomic mass is 16.6. The van der Waals surface area contributed by atoms with Crippen LogP contribution in [0.5, 0.6) is 17.2 Å².